The van der Waals surface area contributed by atoms with Gasteiger partial charge in [0.15, 0.2) is 5.96 Å². The average molecular weight is 350 g/mol. The van der Waals surface area contributed by atoms with Crippen molar-refractivity contribution in [1.82, 2.24) is 5.32 Å². The van der Waals surface area contributed by atoms with Crippen LogP contribution in [0.25, 0.3) is 0 Å². The predicted octanol–water partition coefficient (Wildman–Crippen LogP) is 1.67. The van der Waals surface area contributed by atoms with E-state index < -0.39 is 23.2 Å². The second-order valence-electron chi connectivity index (χ2n) is 7.03. The molecular weight excluding hydrogens is 324 g/mol. The number of nitrogens with zero attached hydrogens (tertiary/aromatic N) is 1. The highest BCUT2D eigenvalue weighted by molar-refractivity contribution is 5.86. The monoisotopic (exact) mass is 350 g/mol. The molecule has 138 valence electrons. The Hall–Kier alpha value is -2.77. The minimum atomic E-state index is -1.25. The van der Waals surface area contributed by atoms with Gasteiger partial charge in [-0.25, -0.2) is 14.6 Å². The number of carbonyl (C=O) groups is 2. The Balaban J connectivity index is 2.67. The van der Waals surface area contributed by atoms with Gasteiger partial charge in [0.1, 0.15) is 16.9 Å². The second-order valence-corrected chi connectivity index (χ2v) is 7.03. The van der Waals surface area contributed by atoms with Crippen molar-refractivity contribution in [2.75, 3.05) is 0 Å². The summed E-state index contributed by atoms with van der Waals surface area (Å²) in [5.41, 5.74) is 9.50. The van der Waals surface area contributed by atoms with E-state index >= 15 is 0 Å². The summed E-state index contributed by atoms with van der Waals surface area (Å²) in [6.45, 7) is 8.62. The van der Waals surface area contributed by atoms with Crippen molar-refractivity contribution >= 4 is 18.0 Å². The van der Waals surface area contributed by atoms with Gasteiger partial charge in [0.25, 0.3) is 0 Å². The van der Waals surface area contributed by atoms with Crippen molar-refractivity contribution < 1.29 is 19.1 Å². The largest absolute Gasteiger partial charge is 0.444 e. The predicted molar refractivity (Wildman–Crippen MR) is 95.0 cm³/mol. The van der Waals surface area contributed by atoms with Crippen molar-refractivity contribution in [2.24, 2.45) is 16.5 Å². The SMILES string of the molecule is CC(C)(C)OC(=O)NC(C)(C)C(=O)Oc1ccc(CN=C(N)N)cc1. The van der Waals surface area contributed by atoms with E-state index in [-0.39, 0.29) is 5.96 Å². The zero-order valence-electron chi connectivity index (χ0n) is 15.3. The third-order valence-corrected chi connectivity index (χ3v) is 2.90. The number of alkyl carbamates (subject to hydrolysis) is 1. The van der Waals surface area contributed by atoms with E-state index in [4.69, 9.17) is 20.9 Å². The first kappa shape index (κ1) is 20.3. The van der Waals surface area contributed by atoms with Crippen LogP contribution in [-0.4, -0.2) is 29.2 Å². The first-order valence-corrected chi connectivity index (χ1v) is 7.77. The number of ether oxygens (including phenoxy) is 2. The first-order chi connectivity index (χ1) is 11.4. The number of amides is 1. The summed E-state index contributed by atoms with van der Waals surface area (Å²) in [5.74, 6) is -0.265. The maximum absolute atomic E-state index is 12.3. The molecule has 0 heterocycles. The molecular formula is C17H26N4O4. The molecule has 1 aromatic carbocycles. The molecule has 0 bridgehead atoms. The molecule has 25 heavy (non-hydrogen) atoms. The van der Waals surface area contributed by atoms with Crippen molar-refractivity contribution in [3.8, 4) is 5.75 Å². The molecule has 0 fully saturated rings. The third kappa shape index (κ3) is 7.56. The highest BCUT2D eigenvalue weighted by Crippen LogP contribution is 2.17. The molecule has 0 saturated carbocycles. The molecule has 0 aromatic heterocycles. The van der Waals surface area contributed by atoms with Gasteiger partial charge in [0.05, 0.1) is 6.54 Å². The normalized spacial score (nSPS) is 11.4. The lowest BCUT2D eigenvalue weighted by Crippen LogP contribution is -2.52. The number of nitrogens with two attached hydrogens (primary N) is 2. The summed E-state index contributed by atoms with van der Waals surface area (Å²) in [7, 11) is 0. The Morgan fingerprint density at radius 2 is 1.64 bits per heavy atom. The molecule has 0 radical (unpaired) electrons. The van der Waals surface area contributed by atoms with Crippen LogP contribution in [-0.2, 0) is 16.1 Å². The minimum Gasteiger partial charge on any atom is -0.444 e. The number of guanidine groups is 1. The fourth-order valence-corrected chi connectivity index (χ4v) is 1.69. The van der Waals surface area contributed by atoms with Crippen LogP contribution in [0.1, 0.15) is 40.2 Å². The molecule has 1 rings (SSSR count). The number of nitrogens with one attached hydrogen (secondary N) is 1. The molecule has 0 aliphatic rings. The lowest BCUT2D eigenvalue weighted by molar-refractivity contribution is -0.140. The molecule has 0 spiro atoms. The Kier molecular flexibility index (Phi) is 6.38. The highest BCUT2D eigenvalue weighted by Gasteiger charge is 2.33. The number of benzene rings is 1. The van der Waals surface area contributed by atoms with Crippen molar-refractivity contribution in [3.05, 3.63) is 29.8 Å². The molecule has 0 unspecified atom stereocenters. The molecule has 5 N–H and O–H groups in total. The average Bonchev–Trinajstić information content (AvgIpc) is 2.43. The quantitative estimate of drug-likeness (QED) is 0.321. The van der Waals surface area contributed by atoms with Crippen LogP contribution in [0.15, 0.2) is 29.3 Å². The lowest BCUT2D eigenvalue weighted by atomic mass is 10.1. The van der Waals surface area contributed by atoms with Gasteiger partial charge in [-0.1, -0.05) is 12.1 Å². The molecule has 8 heteroatoms. The fourth-order valence-electron chi connectivity index (χ4n) is 1.69. The summed E-state index contributed by atoms with van der Waals surface area (Å²) < 4.78 is 10.4. The molecule has 1 aromatic rings. The second kappa shape index (κ2) is 7.87. The van der Waals surface area contributed by atoms with Crippen LogP contribution < -0.4 is 21.5 Å². The lowest BCUT2D eigenvalue weighted by Gasteiger charge is -2.26. The highest BCUT2D eigenvalue weighted by atomic mass is 16.6. The Morgan fingerprint density at radius 1 is 1.08 bits per heavy atom. The van der Waals surface area contributed by atoms with Gasteiger partial charge in [0, 0.05) is 0 Å². The van der Waals surface area contributed by atoms with E-state index in [1.807, 2.05) is 0 Å². The van der Waals surface area contributed by atoms with E-state index in [0.717, 1.165) is 5.56 Å². The summed E-state index contributed by atoms with van der Waals surface area (Å²) in [5, 5.41) is 2.50. The van der Waals surface area contributed by atoms with E-state index in [9.17, 15) is 9.59 Å². The molecule has 0 atom stereocenters. The van der Waals surface area contributed by atoms with Crippen LogP contribution in [0.3, 0.4) is 0 Å². The molecule has 0 aliphatic heterocycles. The summed E-state index contributed by atoms with van der Waals surface area (Å²) in [6, 6.07) is 6.73. The number of aliphatic imine (C=N–C) groups is 1. The third-order valence-electron chi connectivity index (χ3n) is 2.90. The van der Waals surface area contributed by atoms with Crippen molar-refractivity contribution in [3.63, 3.8) is 0 Å². The zero-order valence-corrected chi connectivity index (χ0v) is 15.3. The van der Waals surface area contributed by atoms with Crippen LogP contribution in [0, 0.1) is 0 Å². The maximum atomic E-state index is 12.3. The number of carbonyl (C=O) groups excluding carboxylic acids is 2. The molecule has 0 aliphatic carbocycles. The van der Waals surface area contributed by atoms with E-state index in [0.29, 0.717) is 12.3 Å². The summed E-state index contributed by atoms with van der Waals surface area (Å²) >= 11 is 0. The maximum Gasteiger partial charge on any atom is 0.408 e. The standard InChI is InChI=1S/C17H26N4O4/c1-16(2,3)25-15(23)21-17(4,5)13(22)24-12-8-6-11(7-9-12)10-20-14(18)19/h6-9H,10H2,1-5H3,(H,21,23)(H4,18,19,20). The van der Waals surface area contributed by atoms with Crippen molar-refractivity contribution in [1.29, 1.82) is 0 Å². The van der Waals surface area contributed by atoms with E-state index in [1.54, 1.807) is 45.0 Å². The van der Waals surface area contributed by atoms with Gasteiger partial charge in [-0.05, 0) is 52.3 Å². The fraction of sp³-hybridized carbons (Fsp3) is 0.471. The van der Waals surface area contributed by atoms with Crippen LogP contribution >= 0.6 is 0 Å². The Morgan fingerprint density at radius 3 is 2.12 bits per heavy atom. The van der Waals surface area contributed by atoms with Gasteiger partial charge in [-0.2, -0.15) is 0 Å². The van der Waals surface area contributed by atoms with Gasteiger partial charge < -0.3 is 26.3 Å². The minimum absolute atomic E-state index is 0.00507. The van der Waals surface area contributed by atoms with Gasteiger partial charge >= 0.3 is 12.1 Å². The Labute approximate surface area is 147 Å². The number of hydrogen-bond donors (Lipinski definition) is 3. The van der Waals surface area contributed by atoms with Crippen LogP contribution in [0.2, 0.25) is 0 Å². The summed E-state index contributed by atoms with van der Waals surface area (Å²) in [6.07, 6.45) is -0.693. The van der Waals surface area contributed by atoms with Gasteiger partial charge in [0.2, 0.25) is 0 Å². The Bertz CT molecular complexity index is 642. The smallest absolute Gasteiger partial charge is 0.408 e. The van der Waals surface area contributed by atoms with Crippen LogP contribution in [0.5, 0.6) is 5.75 Å². The molecule has 1 amide bonds. The number of rotatable bonds is 5. The van der Waals surface area contributed by atoms with E-state index in [2.05, 4.69) is 10.3 Å². The topological polar surface area (TPSA) is 129 Å². The zero-order chi connectivity index (χ0) is 19.3. The molecule has 0 saturated heterocycles. The van der Waals surface area contributed by atoms with Gasteiger partial charge in [-0.3, -0.25) is 0 Å². The van der Waals surface area contributed by atoms with Crippen LogP contribution in [0.4, 0.5) is 4.79 Å². The van der Waals surface area contributed by atoms with Gasteiger partial charge in [-0.15, -0.1) is 0 Å². The van der Waals surface area contributed by atoms with E-state index in [1.165, 1.54) is 13.8 Å². The molecule has 8 nitrogen and oxygen atoms in total. The number of esters is 1. The number of hydrogen-bond acceptors (Lipinski definition) is 5. The van der Waals surface area contributed by atoms with Crippen molar-refractivity contribution in [2.45, 2.75) is 52.3 Å². The first-order valence-electron chi connectivity index (χ1n) is 7.77. The summed E-state index contributed by atoms with van der Waals surface area (Å²) in [4.78, 5) is 28.0.